The van der Waals surface area contributed by atoms with Gasteiger partial charge in [0.15, 0.2) is 0 Å². The van der Waals surface area contributed by atoms with E-state index in [1.165, 1.54) is 4.40 Å². The summed E-state index contributed by atoms with van der Waals surface area (Å²) < 4.78 is 7.22. The minimum absolute atomic E-state index is 0.111. The second-order valence-electron chi connectivity index (χ2n) is 8.14. The Kier molecular flexibility index (Phi) is 5.08. The molecule has 3 aromatic heterocycles. The number of amides is 1. The number of carbonyl (C=O) groups is 1. The molecule has 1 atom stereocenters. The van der Waals surface area contributed by atoms with Crippen molar-refractivity contribution in [3.8, 4) is 0 Å². The van der Waals surface area contributed by atoms with Crippen molar-refractivity contribution < 1.29 is 14.5 Å². The highest BCUT2D eigenvalue weighted by Crippen LogP contribution is 2.22. The fraction of sp³-hybridized carbons (Fsp3) is 0.455. The quantitative estimate of drug-likeness (QED) is 0.629. The third-order valence-electron chi connectivity index (χ3n) is 6.03. The van der Waals surface area contributed by atoms with Gasteiger partial charge in [-0.05, 0) is 37.8 Å². The first-order valence-electron chi connectivity index (χ1n) is 10.7. The van der Waals surface area contributed by atoms with Gasteiger partial charge in [-0.15, -0.1) is 0 Å². The number of aromatic nitrogens is 3. The number of fused-ring (bicyclic) bond motifs is 2. The van der Waals surface area contributed by atoms with Crippen LogP contribution in [0.1, 0.15) is 48.9 Å². The lowest BCUT2D eigenvalue weighted by Crippen LogP contribution is -2.34. The van der Waals surface area contributed by atoms with Crippen LogP contribution in [-0.4, -0.2) is 40.6 Å². The predicted molar refractivity (Wildman–Crippen MR) is 113 cm³/mol. The lowest BCUT2D eigenvalue weighted by atomic mass is 10.1. The summed E-state index contributed by atoms with van der Waals surface area (Å²) in [6.07, 6.45) is 8.10. The molecular weight excluding hydrogens is 382 g/mol. The van der Waals surface area contributed by atoms with Gasteiger partial charge in [0.1, 0.15) is 10.9 Å². The third-order valence-corrected chi connectivity index (χ3v) is 6.03. The van der Waals surface area contributed by atoms with E-state index in [9.17, 15) is 9.59 Å². The largest absolute Gasteiger partial charge is 0.376 e. The molecule has 3 aromatic rings. The summed E-state index contributed by atoms with van der Waals surface area (Å²) in [7, 11) is 0. The Bertz CT molecular complexity index is 1150. The molecule has 1 aliphatic carbocycles. The van der Waals surface area contributed by atoms with E-state index in [1.807, 2.05) is 12.1 Å². The maximum atomic E-state index is 13.1. The van der Waals surface area contributed by atoms with Crippen molar-refractivity contribution in [3.05, 3.63) is 46.4 Å². The monoisotopic (exact) mass is 408 g/mol. The number of nitrogens with one attached hydrogen (secondary N) is 3. The Morgan fingerprint density at radius 1 is 1.23 bits per heavy atom. The van der Waals surface area contributed by atoms with Crippen LogP contribution >= 0.6 is 0 Å². The molecule has 4 heterocycles. The van der Waals surface area contributed by atoms with Crippen LogP contribution in [0.4, 0.5) is 5.82 Å². The molecule has 1 saturated heterocycles. The maximum Gasteiger partial charge on any atom is 0.325 e. The molecule has 1 saturated carbocycles. The highest BCUT2D eigenvalue weighted by Gasteiger charge is 2.25. The number of anilines is 1. The van der Waals surface area contributed by atoms with Crippen LogP contribution in [0.15, 0.2) is 35.3 Å². The second kappa shape index (κ2) is 8.02. The maximum absolute atomic E-state index is 13.1. The number of nitrogens with zero attached hydrogens (tertiary/aromatic N) is 2. The number of hydrogen-bond acceptors (Lipinski definition) is 5. The van der Waals surface area contributed by atoms with Gasteiger partial charge in [-0.2, -0.15) is 4.40 Å². The number of hydrogen-bond donors (Lipinski definition) is 2. The molecule has 5 rings (SSSR count). The van der Waals surface area contributed by atoms with Gasteiger partial charge >= 0.3 is 5.56 Å². The first kappa shape index (κ1) is 19.0. The van der Waals surface area contributed by atoms with E-state index < -0.39 is 0 Å². The summed E-state index contributed by atoms with van der Waals surface area (Å²) in [6.45, 7) is 1.35. The standard InChI is InChI=1S/C22H25N5O3/c28-21(24-14-6-1-2-7-14)16-12-17-20(25-18-9-3-4-10-27(18)22(17)29)26-19(16)23-13-15-8-5-11-30-15/h3-4,9-10,12,14-15H,1-2,5-8,11,13H2,(H,23,26)(H,24,28)/p+1/t15-/m1/s1. The molecule has 0 aromatic carbocycles. The smallest absolute Gasteiger partial charge is 0.325 e. The normalized spacial score (nSPS) is 19.5. The van der Waals surface area contributed by atoms with E-state index in [0.29, 0.717) is 34.6 Å². The molecule has 8 nitrogen and oxygen atoms in total. The van der Waals surface area contributed by atoms with Crippen LogP contribution in [0.5, 0.6) is 0 Å². The van der Waals surface area contributed by atoms with Crippen molar-refractivity contribution in [2.24, 2.45) is 0 Å². The van der Waals surface area contributed by atoms with Crippen molar-refractivity contribution >= 4 is 28.4 Å². The lowest BCUT2D eigenvalue weighted by molar-refractivity contribution is -0.319. The van der Waals surface area contributed by atoms with Crippen LogP contribution in [0, 0.1) is 0 Å². The summed E-state index contributed by atoms with van der Waals surface area (Å²) in [5, 5.41) is 6.80. The van der Waals surface area contributed by atoms with E-state index in [1.54, 1.807) is 18.3 Å². The van der Waals surface area contributed by atoms with E-state index in [2.05, 4.69) is 20.6 Å². The molecule has 1 aliphatic heterocycles. The topological polar surface area (TPSA) is 98.9 Å². The number of pyridine rings is 2. The van der Waals surface area contributed by atoms with Crippen molar-refractivity contribution in [2.45, 2.75) is 50.7 Å². The molecule has 30 heavy (non-hydrogen) atoms. The molecule has 0 unspecified atom stereocenters. The number of H-pyrrole nitrogens is 1. The molecule has 3 N–H and O–H groups in total. The third kappa shape index (κ3) is 3.63. The van der Waals surface area contributed by atoms with Gasteiger partial charge < -0.3 is 15.4 Å². The average molecular weight is 408 g/mol. The molecule has 8 heteroatoms. The van der Waals surface area contributed by atoms with Crippen LogP contribution in [0.3, 0.4) is 0 Å². The summed E-state index contributed by atoms with van der Waals surface area (Å²) in [5.74, 6) is 0.285. The zero-order valence-corrected chi connectivity index (χ0v) is 16.8. The van der Waals surface area contributed by atoms with Gasteiger partial charge in [-0.3, -0.25) is 4.79 Å². The van der Waals surface area contributed by atoms with Gasteiger partial charge in [0.05, 0.1) is 12.3 Å². The number of aromatic amines is 1. The van der Waals surface area contributed by atoms with Crippen LogP contribution in [0.25, 0.3) is 16.7 Å². The van der Waals surface area contributed by atoms with Gasteiger partial charge in [-0.1, -0.05) is 23.9 Å². The van der Waals surface area contributed by atoms with E-state index in [4.69, 9.17) is 4.74 Å². The Hall–Kier alpha value is -3.00. The zero-order valence-electron chi connectivity index (χ0n) is 16.8. The summed E-state index contributed by atoms with van der Waals surface area (Å²) in [5.41, 5.74) is 1.30. The second-order valence-corrected chi connectivity index (χ2v) is 8.14. The van der Waals surface area contributed by atoms with Gasteiger partial charge in [0, 0.05) is 25.3 Å². The first-order chi connectivity index (χ1) is 14.7. The summed E-state index contributed by atoms with van der Waals surface area (Å²) in [6, 6.07) is 7.32. The average Bonchev–Trinajstić information content (AvgIpc) is 3.46. The van der Waals surface area contributed by atoms with Crippen molar-refractivity contribution in [2.75, 3.05) is 18.5 Å². The van der Waals surface area contributed by atoms with Crippen LogP contribution in [0.2, 0.25) is 0 Å². The minimum atomic E-state index is -0.201. The molecular formula is C22H26N5O3+. The fourth-order valence-electron chi connectivity index (χ4n) is 4.40. The van der Waals surface area contributed by atoms with Crippen molar-refractivity contribution in [3.63, 3.8) is 0 Å². The minimum Gasteiger partial charge on any atom is -0.376 e. The molecule has 2 fully saturated rings. The molecule has 0 bridgehead atoms. The molecule has 156 valence electrons. The number of carbonyl (C=O) groups excluding carboxylic acids is 1. The summed E-state index contributed by atoms with van der Waals surface area (Å²) in [4.78, 5) is 34.0. The predicted octanol–water partition coefficient (Wildman–Crippen LogP) is 1.93. The highest BCUT2D eigenvalue weighted by molar-refractivity contribution is 6.01. The Balaban J connectivity index is 1.56. The highest BCUT2D eigenvalue weighted by atomic mass is 16.5. The van der Waals surface area contributed by atoms with Gasteiger partial charge in [0.25, 0.3) is 11.6 Å². The number of rotatable bonds is 5. The van der Waals surface area contributed by atoms with Crippen LogP contribution < -0.4 is 21.2 Å². The molecule has 2 aliphatic rings. The van der Waals surface area contributed by atoms with Gasteiger partial charge in [-0.25, -0.2) is 9.78 Å². The lowest BCUT2D eigenvalue weighted by Gasteiger charge is -2.15. The van der Waals surface area contributed by atoms with Gasteiger partial charge in [0.2, 0.25) is 11.5 Å². The van der Waals surface area contributed by atoms with E-state index in [0.717, 1.165) is 45.1 Å². The first-order valence-corrected chi connectivity index (χ1v) is 10.7. The number of ether oxygens (including phenoxy) is 1. The Morgan fingerprint density at radius 2 is 2.10 bits per heavy atom. The van der Waals surface area contributed by atoms with E-state index >= 15 is 0 Å². The van der Waals surface area contributed by atoms with Crippen LogP contribution in [-0.2, 0) is 4.74 Å². The van der Waals surface area contributed by atoms with E-state index in [-0.39, 0.29) is 23.6 Å². The molecule has 0 spiro atoms. The van der Waals surface area contributed by atoms with Crippen molar-refractivity contribution in [1.29, 1.82) is 0 Å². The Labute approximate surface area is 173 Å². The summed E-state index contributed by atoms with van der Waals surface area (Å²) >= 11 is 0. The molecule has 1 amide bonds. The van der Waals surface area contributed by atoms with Crippen molar-refractivity contribution in [1.82, 2.24) is 14.7 Å². The SMILES string of the molecule is O=C(NC1CCCC1)c1cc2c(=O)n3ccccc3[nH+]c2nc1NC[C@H]1CCCO1. The Morgan fingerprint density at radius 3 is 2.90 bits per heavy atom. The fourth-order valence-corrected chi connectivity index (χ4v) is 4.40. The zero-order chi connectivity index (χ0) is 20.5. The molecule has 0 radical (unpaired) electrons.